The van der Waals surface area contributed by atoms with Crippen LogP contribution in [0.15, 0.2) is 47.4 Å². The Bertz CT molecular complexity index is 907. The molecule has 0 unspecified atom stereocenters. The molecule has 0 spiro atoms. The summed E-state index contributed by atoms with van der Waals surface area (Å²) in [6.45, 7) is -0.477. The third kappa shape index (κ3) is 3.07. The number of hydrogen-bond acceptors (Lipinski definition) is 5. The van der Waals surface area contributed by atoms with Gasteiger partial charge >= 0.3 is 0 Å². The van der Waals surface area contributed by atoms with Gasteiger partial charge in [0.25, 0.3) is 5.56 Å². The number of fused-ring (bicyclic) bond motifs is 1. The van der Waals surface area contributed by atoms with Gasteiger partial charge in [0.15, 0.2) is 11.4 Å². The highest BCUT2D eigenvalue weighted by molar-refractivity contribution is 5.64. The lowest BCUT2D eigenvalue weighted by Crippen LogP contribution is -2.22. The minimum absolute atomic E-state index is 0. The molecule has 0 fully saturated rings. The maximum absolute atomic E-state index is 13.0. The van der Waals surface area contributed by atoms with Crippen molar-refractivity contribution < 1.29 is 14.2 Å². The summed E-state index contributed by atoms with van der Waals surface area (Å²) in [5.41, 5.74) is 0.579. The van der Waals surface area contributed by atoms with Crippen LogP contribution < -0.4 is 15.6 Å². The van der Waals surface area contributed by atoms with E-state index in [0.717, 1.165) is 0 Å². The second kappa shape index (κ2) is 7.10. The third-order valence-corrected chi connectivity index (χ3v) is 3.40. The van der Waals surface area contributed by atoms with Gasteiger partial charge in [-0.05, 0) is 36.4 Å². The number of methoxy groups -OCH3 is 1. The number of nitrogens with one attached hydrogen (secondary N) is 1. The predicted octanol–water partition coefficient (Wildman–Crippen LogP) is 2.71. The average molecular weight is 331 g/mol. The van der Waals surface area contributed by atoms with Crippen LogP contribution >= 0.6 is 0 Å². The minimum atomic E-state index is -0.477. The Morgan fingerprint density at radius 2 is 2.00 bits per heavy atom. The number of hydrogen-bond donors (Lipinski definition) is 2. The molecule has 1 aromatic carbocycles. The van der Waals surface area contributed by atoms with Gasteiger partial charge in [-0.25, -0.2) is 9.37 Å². The Morgan fingerprint density at radius 3 is 2.62 bits per heavy atom. The fourth-order valence-corrected chi connectivity index (χ4v) is 2.25. The summed E-state index contributed by atoms with van der Waals surface area (Å²) < 4.78 is 19.5. The highest BCUT2D eigenvalue weighted by Gasteiger charge is 2.14. The molecule has 6 nitrogen and oxygen atoms in total. The summed E-state index contributed by atoms with van der Waals surface area (Å²) in [5.74, 6) is 0.260. The van der Waals surface area contributed by atoms with Crippen molar-refractivity contribution in [3.05, 3.63) is 64.3 Å². The molecule has 3 aromatic rings. The Labute approximate surface area is 138 Å². The van der Waals surface area contributed by atoms with Gasteiger partial charge in [-0.3, -0.25) is 9.20 Å². The number of anilines is 2. The molecule has 126 valence electrons. The van der Waals surface area contributed by atoms with Gasteiger partial charge in [-0.15, -0.1) is 0 Å². The van der Waals surface area contributed by atoms with Crippen LogP contribution in [0.5, 0.6) is 5.75 Å². The van der Waals surface area contributed by atoms with Crippen LogP contribution in [0.3, 0.4) is 0 Å². The number of aliphatic hydroxyl groups excluding tert-OH is 1. The number of rotatable bonds is 4. The molecule has 2 N–H and O–H groups in total. The fourth-order valence-electron chi connectivity index (χ4n) is 2.25. The van der Waals surface area contributed by atoms with E-state index in [1.165, 1.54) is 35.8 Å². The Hall–Kier alpha value is -2.93. The van der Waals surface area contributed by atoms with Crippen LogP contribution in [0.2, 0.25) is 0 Å². The maximum Gasteiger partial charge on any atom is 0.265 e. The number of ether oxygens (including phenoxy) is 1. The van der Waals surface area contributed by atoms with Crippen LogP contribution in [-0.4, -0.2) is 21.6 Å². The average Bonchev–Trinajstić information content (AvgIpc) is 2.57. The van der Waals surface area contributed by atoms with Gasteiger partial charge in [-0.1, -0.05) is 7.43 Å². The molecule has 3 rings (SSSR count). The van der Waals surface area contributed by atoms with Gasteiger partial charge < -0.3 is 15.2 Å². The number of benzene rings is 1. The molecule has 2 heterocycles. The largest absolute Gasteiger partial charge is 0.493 e. The molecular weight excluding hydrogens is 313 g/mol. The van der Waals surface area contributed by atoms with Crippen molar-refractivity contribution in [3.8, 4) is 5.75 Å². The highest BCUT2D eigenvalue weighted by Crippen LogP contribution is 2.22. The quantitative estimate of drug-likeness (QED) is 0.769. The molecule has 0 aliphatic carbocycles. The van der Waals surface area contributed by atoms with Gasteiger partial charge in [0.05, 0.1) is 19.3 Å². The zero-order valence-corrected chi connectivity index (χ0v) is 12.3. The first kappa shape index (κ1) is 17.4. The summed E-state index contributed by atoms with van der Waals surface area (Å²) in [5, 5.41) is 12.5. The Balaban J connectivity index is 0.00000208. The van der Waals surface area contributed by atoms with E-state index in [9.17, 15) is 14.3 Å². The summed E-state index contributed by atoms with van der Waals surface area (Å²) in [6.07, 6.45) is 1.55. The van der Waals surface area contributed by atoms with Crippen LogP contribution in [0.1, 0.15) is 13.0 Å². The molecule has 2 aromatic heterocycles. The van der Waals surface area contributed by atoms with Crippen molar-refractivity contribution in [1.29, 1.82) is 0 Å². The van der Waals surface area contributed by atoms with Gasteiger partial charge in [0, 0.05) is 11.9 Å². The lowest BCUT2D eigenvalue weighted by Gasteiger charge is -2.13. The Morgan fingerprint density at radius 1 is 1.29 bits per heavy atom. The Kier molecular flexibility index (Phi) is 5.15. The number of aliphatic hydroxyl groups is 1. The van der Waals surface area contributed by atoms with Crippen LogP contribution in [-0.2, 0) is 6.61 Å². The maximum atomic E-state index is 13.0. The standard InChI is InChI=1S/C16H14FN3O3.CH4/c1-23-13-3-2-8-20-15(13)19-14(12(9-21)16(20)22)18-11-6-4-10(17)5-7-11;/h2-8,18,21H,9H2,1H3;1H4. The molecule has 0 saturated heterocycles. The number of halogens is 1. The van der Waals surface area contributed by atoms with Crippen LogP contribution in [0, 0.1) is 5.82 Å². The molecule has 24 heavy (non-hydrogen) atoms. The fraction of sp³-hybridized carbons (Fsp3) is 0.176. The van der Waals surface area contributed by atoms with E-state index < -0.39 is 12.2 Å². The third-order valence-electron chi connectivity index (χ3n) is 3.40. The molecule has 0 saturated carbocycles. The smallest absolute Gasteiger partial charge is 0.265 e. The molecule has 0 aliphatic rings. The number of aromatic nitrogens is 2. The summed E-state index contributed by atoms with van der Waals surface area (Å²) >= 11 is 0. The molecule has 0 radical (unpaired) electrons. The zero-order valence-electron chi connectivity index (χ0n) is 12.3. The van der Waals surface area contributed by atoms with Crippen LogP contribution in [0.25, 0.3) is 5.65 Å². The van der Waals surface area contributed by atoms with Gasteiger partial charge in [0.1, 0.15) is 11.6 Å². The molecule has 7 heteroatoms. The lowest BCUT2D eigenvalue weighted by atomic mass is 10.2. The van der Waals surface area contributed by atoms with Crippen molar-refractivity contribution >= 4 is 17.2 Å². The monoisotopic (exact) mass is 331 g/mol. The van der Waals surface area contributed by atoms with Crippen molar-refractivity contribution in [2.45, 2.75) is 14.0 Å². The normalized spacial score (nSPS) is 10.3. The number of pyridine rings is 1. The lowest BCUT2D eigenvalue weighted by molar-refractivity contribution is 0.280. The summed E-state index contributed by atoms with van der Waals surface area (Å²) in [7, 11) is 1.48. The molecular formula is C17H18FN3O3. The van der Waals surface area contributed by atoms with Crippen molar-refractivity contribution in [1.82, 2.24) is 9.38 Å². The zero-order chi connectivity index (χ0) is 16.4. The summed E-state index contributed by atoms with van der Waals surface area (Å²) in [4.78, 5) is 16.9. The predicted molar refractivity (Wildman–Crippen MR) is 90.4 cm³/mol. The van der Waals surface area contributed by atoms with E-state index in [0.29, 0.717) is 17.1 Å². The van der Waals surface area contributed by atoms with E-state index in [-0.39, 0.29) is 24.6 Å². The highest BCUT2D eigenvalue weighted by atomic mass is 19.1. The van der Waals surface area contributed by atoms with E-state index in [2.05, 4.69) is 10.3 Å². The second-order valence-electron chi connectivity index (χ2n) is 4.80. The van der Waals surface area contributed by atoms with E-state index >= 15 is 0 Å². The first-order valence-corrected chi connectivity index (χ1v) is 6.85. The van der Waals surface area contributed by atoms with Gasteiger partial charge in [0.2, 0.25) is 0 Å². The summed E-state index contributed by atoms with van der Waals surface area (Å²) in [6, 6.07) is 8.94. The minimum Gasteiger partial charge on any atom is -0.493 e. The topological polar surface area (TPSA) is 75.9 Å². The van der Waals surface area contributed by atoms with E-state index in [4.69, 9.17) is 4.74 Å². The molecule has 0 atom stereocenters. The first-order chi connectivity index (χ1) is 11.1. The van der Waals surface area contributed by atoms with E-state index in [1.54, 1.807) is 18.3 Å². The van der Waals surface area contributed by atoms with Gasteiger partial charge in [-0.2, -0.15) is 0 Å². The first-order valence-electron chi connectivity index (χ1n) is 6.85. The molecule has 0 aliphatic heterocycles. The van der Waals surface area contributed by atoms with Crippen molar-refractivity contribution in [2.24, 2.45) is 0 Å². The molecule has 0 amide bonds. The van der Waals surface area contributed by atoms with Crippen LogP contribution in [0.4, 0.5) is 15.9 Å². The number of nitrogens with zero attached hydrogens (tertiary/aromatic N) is 2. The van der Waals surface area contributed by atoms with Crippen molar-refractivity contribution in [3.63, 3.8) is 0 Å². The molecule has 0 bridgehead atoms. The van der Waals surface area contributed by atoms with E-state index in [1.807, 2.05) is 0 Å². The second-order valence-corrected chi connectivity index (χ2v) is 4.80. The van der Waals surface area contributed by atoms with Crippen molar-refractivity contribution in [2.75, 3.05) is 12.4 Å². The SMILES string of the molecule is C.COc1cccn2c(=O)c(CO)c(Nc3ccc(F)cc3)nc12.